The Morgan fingerprint density at radius 1 is 1.38 bits per heavy atom. The van der Waals surface area contributed by atoms with E-state index in [-0.39, 0.29) is 5.78 Å². The third-order valence-electron chi connectivity index (χ3n) is 3.71. The first-order valence-electron chi connectivity index (χ1n) is 7.61. The van der Waals surface area contributed by atoms with Crippen LogP contribution in [0, 0.1) is 0 Å². The first kappa shape index (κ1) is 16.6. The number of hydrogen-bond acceptors (Lipinski definition) is 5. The van der Waals surface area contributed by atoms with Crippen LogP contribution in [0.3, 0.4) is 0 Å². The summed E-state index contributed by atoms with van der Waals surface area (Å²) < 4.78 is 8.70. The van der Waals surface area contributed by atoms with Crippen LogP contribution in [0.2, 0.25) is 0 Å². The molecule has 3 rings (SSSR count). The predicted octanol–water partition coefficient (Wildman–Crippen LogP) is 3.61. The lowest BCUT2D eigenvalue weighted by molar-refractivity contribution is -0.116. The van der Waals surface area contributed by atoms with Crippen molar-refractivity contribution >= 4 is 32.9 Å². The van der Waals surface area contributed by atoms with Crippen LogP contribution in [-0.4, -0.2) is 25.3 Å². The summed E-state index contributed by atoms with van der Waals surface area (Å²) in [4.78, 5) is 24.2. The van der Waals surface area contributed by atoms with Gasteiger partial charge in [0, 0.05) is 31.3 Å². The average Bonchev–Trinajstić information content (AvgIpc) is 2.82. The summed E-state index contributed by atoms with van der Waals surface area (Å²) in [6.45, 7) is 3.61. The molecule has 0 N–H and O–H groups in total. The highest BCUT2D eigenvalue weighted by Gasteiger charge is 2.16. The van der Waals surface area contributed by atoms with Gasteiger partial charge in [0.25, 0.3) is 0 Å². The van der Waals surface area contributed by atoms with Crippen molar-refractivity contribution in [3.05, 3.63) is 40.5 Å². The number of fused-ring (bicyclic) bond motifs is 1. The van der Waals surface area contributed by atoms with Crippen LogP contribution < -0.4 is 4.74 Å². The minimum Gasteiger partial charge on any atom is -0.455 e. The number of halogens is 1. The Labute approximate surface area is 148 Å². The number of aromatic nitrogens is 4. The van der Waals surface area contributed by atoms with Gasteiger partial charge in [-0.15, -0.1) is 0 Å². The van der Waals surface area contributed by atoms with Crippen molar-refractivity contribution in [1.29, 1.82) is 0 Å². The van der Waals surface area contributed by atoms with Gasteiger partial charge in [0.1, 0.15) is 11.5 Å². The summed E-state index contributed by atoms with van der Waals surface area (Å²) in [6, 6.07) is 3.55. The maximum Gasteiger partial charge on any atom is 0.179 e. The van der Waals surface area contributed by atoms with E-state index in [4.69, 9.17) is 4.74 Å². The lowest BCUT2D eigenvalue weighted by Crippen LogP contribution is -2.00. The zero-order valence-corrected chi connectivity index (χ0v) is 15.3. The van der Waals surface area contributed by atoms with Gasteiger partial charge in [0.15, 0.2) is 16.1 Å². The summed E-state index contributed by atoms with van der Waals surface area (Å²) in [5, 5.41) is 0. The van der Waals surface area contributed by atoms with Crippen molar-refractivity contribution in [3.8, 4) is 11.5 Å². The quantitative estimate of drug-likeness (QED) is 0.667. The van der Waals surface area contributed by atoms with Crippen molar-refractivity contribution in [2.24, 2.45) is 7.05 Å². The van der Waals surface area contributed by atoms with E-state index >= 15 is 0 Å². The monoisotopic (exact) mass is 388 g/mol. The largest absolute Gasteiger partial charge is 0.455 e. The second kappa shape index (κ2) is 6.68. The molecule has 6 nitrogen and oxygen atoms in total. The molecule has 0 saturated heterocycles. The van der Waals surface area contributed by atoms with E-state index in [9.17, 15) is 4.79 Å². The summed E-state index contributed by atoms with van der Waals surface area (Å²) in [6.07, 6.45) is 4.41. The summed E-state index contributed by atoms with van der Waals surface area (Å²) >= 11 is 3.43. The maximum absolute atomic E-state index is 11.3. The first-order valence-corrected chi connectivity index (χ1v) is 8.41. The molecule has 0 aliphatic rings. The van der Waals surface area contributed by atoms with Crippen LogP contribution in [0.5, 0.6) is 11.5 Å². The van der Waals surface area contributed by atoms with Crippen LogP contribution in [0.1, 0.15) is 25.1 Å². The zero-order chi connectivity index (χ0) is 17.3. The molecule has 24 heavy (non-hydrogen) atoms. The van der Waals surface area contributed by atoms with Gasteiger partial charge in [-0.25, -0.2) is 9.97 Å². The third-order valence-corrected chi connectivity index (χ3v) is 4.42. The van der Waals surface area contributed by atoms with E-state index in [1.165, 1.54) is 0 Å². The fourth-order valence-electron chi connectivity index (χ4n) is 2.63. The van der Waals surface area contributed by atoms with Crippen LogP contribution in [-0.2, 0) is 24.7 Å². The highest BCUT2D eigenvalue weighted by atomic mass is 79.9. The average molecular weight is 389 g/mol. The number of ketones is 1. The van der Waals surface area contributed by atoms with Crippen molar-refractivity contribution in [3.63, 3.8) is 0 Å². The third kappa shape index (κ3) is 3.17. The molecule has 0 amide bonds. The predicted molar refractivity (Wildman–Crippen MR) is 94.3 cm³/mol. The molecule has 124 valence electrons. The van der Waals surface area contributed by atoms with E-state index < -0.39 is 0 Å². The second-order valence-corrected chi connectivity index (χ2v) is 6.24. The number of rotatable bonds is 5. The number of hydrogen-bond donors (Lipinski definition) is 0. The highest BCUT2D eigenvalue weighted by Crippen LogP contribution is 2.31. The minimum absolute atomic E-state index is 0.0664. The SMILES string of the molecule is CCc1c(Oc2ccnc(CC(C)=O)c2)cnc2nc(Br)n(C)c12. The highest BCUT2D eigenvalue weighted by molar-refractivity contribution is 9.10. The Morgan fingerprint density at radius 3 is 2.88 bits per heavy atom. The zero-order valence-electron chi connectivity index (χ0n) is 13.7. The number of nitrogens with zero attached hydrogens (tertiary/aromatic N) is 4. The molecule has 7 heteroatoms. The minimum atomic E-state index is 0.0664. The lowest BCUT2D eigenvalue weighted by atomic mass is 10.1. The van der Waals surface area contributed by atoms with Gasteiger partial charge >= 0.3 is 0 Å². The molecule has 0 atom stereocenters. The fraction of sp³-hybridized carbons (Fsp3) is 0.294. The Kier molecular flexibility index (Phi) is 4.62. The van der Waals surface area contributed by atoms with Crippen molar-refractivity contribution in [2.75, 3.05) is 0 Å². The number of Topliss-reactive ketones (excluding diaryl/α,β-unsaturated/α-hetero) is 1. The Bertz CT molecular complexity index is 920. The van der Waals surface area contributed by atoms with Crippen LogP contribution in [0.15, 0.2) is 29.3 Å². The molecule has 0 bridgehead atoms. The fourth-order valence-corrected chi connectivity index (χ4v) is 2.97. The Hall–Kier alpha value is -2.28. The van der Waals surface area contributed by atoms with Crippen LogP contribution in [0.4, 0.5) is 0 Å². The number of ether oxygens (including phenoxy) is 1. The molecular weight excluding hydrogens is 372 g/mol. The Balaban J connectivity index is 2.01. The smallest absolute Gasteiger partial charge is 0.179 e. The topological polar surface area (TPSA) is 69.9 Å². The number of aryl methyl sites for hydroxylation is 2. The molecule has 0 saturated carbocycles. The molecule has 3 aromatic rings. The summed E-state index contributed by atoms with van der Waals surface area (Å²) in [5.74, 6) is 1.38. The van der Waals surface area contributed by atoms with E-state index in [0.29, 0.717) is 29.3 Å². The molecule has 0 aliphatic heterocycles. The molecule has 0 aromatic carbocycles. The van der Waals surface area contributed by atoms with E-state index in [1.54, 1.807) is 31.5 Å². The molecular formula is C17H17BrN4O2. The van der Waals surface area contributed by atoms with Crippen LogP contribution >= 0.6 is 15.9 Å². The first-order chi connectivity index (χ1) is 11.5. The normalized spacial score (nSPS) is 11.0. The van der Waals surface area contributed by atoms with Crippen molar-refractivity contribution in [1.82, 2.24) is 19.5 Å². The number of imidazole rings is 1. The standard InChI is InChI=1S/C17H17BrN4O2/c1-4-13-14(9-20-16-15(13)22(3)17(18)21-16)24-12-5-6-19-11(8-12)7-10(2)23/h5-6,8-9H,4,7H2,1-3H3. The van der Waals surface area contributed by atoms with E-state index in [1.807, 2.05) is 11.6 Å². The molecule has 0 aliphatic carbocycles. The molecule has 0 spiro atoms. The lowest BCUT2D eigenvalue weighted by Gasteiger charge is -2.12. The molecule has 0 unspecified atom stereocenters. The summed E-state index contributed by atoms with van der Waals surface area (Å²) in [7, 11) is 1.93. The van der Waals surface area contributed by atoms with Crippen LogP contribution in [0.25, 0.3) is 11.2 Å². The maximum atomic E-state index is 11.3. The van der Waals surface area contributed by atoms with Crippen molar-refractivity contribution < 1.29 is 9.53 Å². The van der Waals surface area contributed by atoms with Gasteiger partial charge < -0.3 is 9.30 Å². The van der Waals surface area contributed by atoms with Gasteiger partial charge in [-0.3, -0.25) is 9.78 Å². The van der Waals surface area contributed by atoms with E-state index in [2.05, 4.69) is 37.8 Å². The van der Waals surface area contributed by atoms with E-state index in [0.717, 1.165) is 22.2 Å². The number of pyridine rings is 2. The summed E-state index contributed by atoms with van der Waals surface area (Å²) in [5.41, 5.74) is 3.35. The van der Waals surface area contributed by atoms with Gasteiger partial charge in [0.05, 0.1) is 17.4 Å². The molecule has 3 aromatic heterocycles. The molecule has 0 radical (unpaired) electrons. The second-order valence-electron chi connectivity index (χ2n) is 5.53. The molecule has 3 heterocycles. The van der Waals surface area contributed by atoms with Gasteiger partial charge in [0.2, 0.25) is 0 Å². The number of carbonyl (C=O) groups excluding carboxylic acids is 1. The van der Waals surface area contributed by atoms with Gasteiger partial charge in [-0.1, -0.05) is 6.92 Å². The van der Waals surface area contributed by atoms with Crippen molar-refractivity contribution in [2.45, 2.75) is 26.7 Å². The number of carbonyl (C=O) groups is 1. The van der Waals surface area contributed by atoms with Gasteiger partial charge in [-0.05, 0) is 35.3 Å². The van der Waals surface area contributed by atoms with Gasteiger partial charge in [-0.2, -0.15) is 0 Å². The Morgan fingerprint density at radius 2 is 2.17 bits per heavy atom. The molecule has 0 fully saturated rings.